The van der Waals surface area contributed by atoms with Gasteiger partial charge in [0, 0.05) is 10.1 Å². The van der Waals surface area contributed by atoms with Crippen molar-refractivity contribution in [1.82, 2.24) is 4.31 Å². The Bertz CT molecular complexity index is 902. The first-order chi connectivity index (χ1) is 11.6. The lowest BCUT2D eigenvalue weighted by atomic mass is 9.83. The van der Waals surface area contributed by atoms with Crippen LogP contribution in [0.25, 0.3) is 5.57 Å². The summed E-state index contributed by atoms with van der Waals surface area (Å²) in [6.07, 6.45) is 4.62. The van der Waals surface area contributed by atoms with Crippen molar-refractivity contribution in [3.8, 4) is 0 Å². The van der Waals surface area contributed by atoms with Crippen LogP contribution in [0.4, 0.5) is 13.2 Å². The largest absolute Gasteiger partial charge is 0.511 e. The maximum atomic E-state index is 13.2. The molecule has 3 rings (SSSR count). The maximum Gasteiger partial charge on any atom is 0.511 e. The zero-order valence-corrected chi connectivity index (χ0v) is 15.5. The van der Waals surface area contributed by atoms with Gasteiger partial charge in [0.15, 0.2) is 5.78 Å². The van der Waals surface area contributed by atoms with Crippen molar-refractivity contribution in [2.24, 2.45) is 0 Å². The highest BCUT2D eigenvalue weighted by molar-refractivity contribution is 14.1. The van der Waals surface area contributed by atoms with Crippen molar-refractivity contribution in [2.75, 3.05) is 6.54 Å². The van der Waals surface area contributed by atoms with E-state index >= 15 is 0 Å². The predicted molar refractivity (Wildman–Crippen MR) is 95.1 cm³/mol. The molecule has 4 nitrogen and oxygen atoms in total. The second kappa shape index (κ2) is 6.06. The summed E-state index contributed by atoms with van der Waals surface area (Å²) in [5, 5.41) is 0. The summed E-state index contributed by atoms with van der Waals surface area (Å²) in [4.78, 5) is 11.5. The first-order valence-electron chi connectivity index (χ1n) is 7.06. The van der Waals surface area contributed by atoms with Crippen LogP contribution in [-0.2, 0) is 14.8 Å². The molecule has 0 N–H and O–H groups in total. The van der Waals surface area contributed by atoms with Gasteiger partial charge in [-0.25, -0.2) is 8.42 Å². The van der Waals surface area contributed by atoms with E-state index in [0.717, 1.165) is 12.2 Å². The third-order valence-electron chi connectivity index (χ3n) is 4.02. The topological polar surface area (TPSA) is 54.5 Å². The number of sulfonamides is 1. The van der Waals surface area contributed by atoms with E-state index in [9.17, 15) is 26.4 Å². The number of ketones is 1. The number of nitrogens with zero attached hydrogens (tertiary/aromatic N) is 1. The molecule has 2 aliphatic rings. The van der Waals surface area contributed by atoms with E-state index in [1.807, 2.05) is 22.6 Å². The lowest BCUT2D eigenvalue weighted by molar-refractivity contribution is -0.110. The summed E-state index contributed by atoms with van der Waals surface area (Å²) in [7, 11) is -5.60. The molecule has 132 valence electrons. The number of benzene rings is 1. The van der Waals surface area contributed by atoms with Crippen LogP contribution in [0.3, 0.4) is 0 Å². The molecule has 1 heterocycles. The van der Waals surface area contributed by atoms with E-state index in [-0.39, 0.29) is 0 Å². The molecule has 9 heteroatoms. The van der Waals surface area contributed by atoms with Gasteiger partial charge >= 0.3 is 15.5 Å². The van der Waals surface area contributed by atoms with E-state index in [2.05, 4.69) is 0 Å². The summed E-state index contributed by atoms with van der Waals surface area (Å²) in [6, 6.07) is 8.55. The van der Waals surface area contributed by atoms with Gasteiger partial charge < -0.3 is 0 Å². The number of carbonyl (C=O) groups excluding carboxylic acids is 1. The van der Waals surface area contributed by atoms with Crippen molar-refractivity contribution in [3.05, 3.63) is 63.8 Å². The monoisotopic (exact) mass is 481 g/mol. The highest BCUT2D eigenvalue weighted by Crippen LogP contribution is 2.49. The lowest BCUT2D eigenvalue weighted by Gasteiger charge is -2.36. The van der Waals surface area contributed by atoms with Crippen molar-refractivity contribution in [2.45, 2.75) is 11.0 Å². The van der Waals surface area contributed by atoms with Crippen LogP contribution >= 0.6 is 22.6 Å². The number of rotatable bonds is 2. The fourth-order valence-corrected chi connectivity index (χ4v) is 5.42. The second-order valence-corrected chi connectivity index (χ2v) is 8.65. The molecule has 0 unspecified atom stereocenters. The summed E-state index contributed by atoms with van der Waals surface area (Å²) >= 11 is 1.85. The van der Waals surface area contributed by atoms with Crippen molar-refractivity contribution < 1.29 is 26.4 Å². The van der Waals surface area contributed by atoms with Gasteiger partial charge in [-0.1, -0.05) is 42.5 Å². The summed E-state index contributed by atoms with van der Waals surface area (Å²) in [5.41, 5.74) is -6.11. The van der Waals surface area contributed by atoms with Gasteiger partial charge in [-0.3, -0.25) is 4.79 Å². The average Bonchev–Trinajstić information content (AvgIpc) is 2.83. The molecule has 1 aliphatic carbocycles. The molecule has 0 saturated heterocycles. The number of halogens is 4. The van der Waals surface area contributed by atoms with Crippen LogP contribution in [0.5, 0.6) is 0 Å². The Kier molecular flexibility index (Phi) is 4.44. The van der Waals surface area contributed by atoms with Crippen molar-refractivity contribution in [3.63, 3.8) is 0 Å². The van der Waals surface area contributed by atoms with E-state index in [1.54, 1.807) is 30.3 Å². The first-order valence-corrected chi connectivity index (χ1v) is 9.57. The molecule has 0 fully saturated rings. The fraction of sp³-hybridized carbons (Fsp3) is 0.188. The van der Waals surface area contributed by atoms with Crippen molar-refractivity contribution >= 4 is 44.0 Å². The van der Waals surface area contributed by atoms with Gasteiger partial charge in [0.05, 0.1) is 0 Å². The van der Waals surface area contributed by atoms with E-state index in [4.69, 9.17) is 0 Å². The van der Waals surface area contributed by atoms with E-state index < -0.39 is 33.4 Å². The number of carbonyl (C=O) groups is 1. The Morgan fingerprint density at radius 3 is 2.16 bits per heavy atom. The van der Waals surface area contributed by atoms with E-state index in [1.165, 1.54) is 12.2 Å². The van der Waals surface area contributed by atoms with Gasteiger partial charge in [0.1, 0.15) is 5.54 Å². The molecule has 0 amide bonds. The summed E-state index contributed by atoms with van der Waals surface area (Å²) < 4.78 is 64.7. The number of alkyl halides is 3. The normalized spacial score (nSPS) is 20.7. The minimum atomic E-state index is -5.60. The van der Waals surface area contributed by atoms with Crippen LogP contribution in [0.2, 0.25) is 0 Å². The highest BCUT2D eigenvalue weighted by atomic mass is 127. The zero-order valence-electron chi connectivity index (χ0n) is 12.5. The highest BCUT2D eigenvalue weighted by Gasteiger charge is 2.59. The van der Waals surface area contributed by atoms with Crippen molar-refractivity contribution in [1.29, 1.82) is 0 Å². The molecule has 1 aromatic carbocycles. The van der Waals surface area contributed by atoms with Crippen LogP contribution in [0, 0.1) is 0 Å². The Balaban J connectivity index is 2.25. The minimum Gasteiger partial charge on any atom is -0.290 e. The number of hydrogen-bond donors (Lipinski definition) is 0. The van der Waals surface area contributed by atoms with Crippen LogP contribution in [-0.4, -0.2) is 36.1 Å². The van der Waals surface area contributed by atoms with E-state index in [0.29, 0.717) is 19.0 Å². The Morgan fingerprint density at radius 1 is 1.08 bits per heavy atom. The first kappa shape index (κ1) is 18.3. The van der Waals surface area contributed by atoms with Crippen LogP contribution in [0.1, 0.15) is 5.56 Å². The lowest BCUT2D eigenvalue weighted by Crippen LogP contribution is -2.51. The van der Waals surface area contributed by atoms with Gasteiger partial charge in [0.2, 0.25) is 0 Å². The third kappa shape index (κ3) is 2.87. The van der Waals surface area contributed by atoms with Gasteiger partial charge in [-0.2, -0.15) is 17.5 Å². The Morgan fingerprint density at radius 2 is 1.64 bits per heavy atom. The Labute approximate surface area is 155 Å². The average molecular weight is 481 g/mol. The van der Waals surface area contributed by atoms with Gasteiger partial charge in [0.25, 0.3) is 0 Å². The molecule has 1 aromatic rings. The minimum absolute atomic E-state index is 0.392. The molecular weight excluding hydrogens is 470 g/mol. The quantitative estimate of drug-likeness (QED) is 0.609. The molecule has 0 aromatic heterocycles. The second-order valence-electron chi connectivity index (χ2n) is 5.50. The summed E-state index contributed by atoms with van der Waals surface area (Å²) in [5.74, 6) is -0.413. The molecule has 0 atom stereocenters. The summed E-state index contributed by atoms with van der Waals surface area (Å²) in [6.45, 7) is -0.421. The van der Waals surface area contributed by atoms with Crippen LogP contribution < -0.4 is 0 Å². The SMILES string of the molecule is O=C1C=CC2(C=C1)C(c1ccccc1)=C(I)CN2S(=O)(=O)C(F)(F)F. The fourth-order valence-electron chi connectivity index (χ4n) is 2.94. The maximum absolute atomic E-state index is 13.2. The molecule has 25 heavy (non-hydrogen) atoms. The van der Waals surface area contributed by atoms with Gasteiger partial charge in [-0.05, 0) is 45.9 Å². The molecule has 1 spiro atoms. The molecular formula is C16H11F3INO3S. The standard InChI is InChI=1S/C16H11F3INO3S/c17-16(18,19)25(23,24)21-10-13(20)14(11-4-2-1-3-5-11)15(21)8-6-12(22)7-9-15/h1-9H,10H2. The number of allylic oxidation sites excluding steroid dienone is 2. The van der Waals surface area contributed by atoms with Gasteiger partial charge in [-0.15, -0.1) is 0 Å². The molecule has 0 saturated carbocycles. The Hall–Kier alpha value is -1.46. The van der Waals surface area contributed by atoms with Crippen LogP contribution in [0.15, 0.2) is 58.2 Å². The molecule has 0 radical (unpaired) electrons. The number of hydrogen-bond acceptors (Lipinski definition) is 3. The third-order valence-corrected chi connectivity index (χ3v) is 6.49. The predicted octanol–water partition coefficient (Wildman–Crippen LogP) is 3.43. The molecule has 1 aliphatic heterocycles. The molecule has 0 bridgehead atoms. The zero-order chi connectivity index (χ0) is 18.5. The smallest absolute Gasteiger partial charge is 0.290 e.